The number of aromatic hydroxyl groups is 2. The molecule has 3 N–H and O–H groups in total. The average Bonchev–Trinajstić information content (AvgIpc) is 2.78. The first-order valence-electron chi connectivity index (χ1n) is 6.22. The summed E-state index contributed by atoms with van der Waals surface area (Å²) in [5, 5.41) is 25.7. The van der Waals surface area contributed by atoms with E-state index in [0.717, 1.165) is 23.7 Å². The van der Waals surface area contributed by atoms with Gasteiger partial charge in [0.2, 0.25) is 0 Å². The van der Waals surface area contributed by atoms with Crippen molar-refractivity contribution >= 4 is 11.3 Å². The molecule has 102 valence electrons. The summed E-state index contributed by atoms with van der Waals surface area (Å²) >= 11 is 1.66. The molecule has 2 aromatic rings. The predicted molar refractivity (Wildman–Crippen MR) is 76.7 cm³/mol. The van der Waals surface area contributed by atoms with Crippen molar-refractivity contribution in [3.63, 3.8) is 0 Å². The number of nitrogens with one attached hydrogen (secondary N) is 1. The zero-order chi connectivity index (χ0) is 13.8. The van der Waals surface area contributed by atoms with E-state index in [9.17, 15) is 10.2 Å². The summed E-state index contributed by atoms with van der Waals surface area (Å²) in [4.78, 5) is 4.40. The number of hydrogen-bond acceptors (Lipinski definition) is 5. The third-order valence-electron chi connectivity index (χ3n) is 2.93. The number of aryl methyl sites for hydroxylation is 1. The highest BCUT2D eigenvalue weighted by Gasteiger charge is 2.10. The van der Waals surface area contributed by atoms with E-state index in [1.165, 1.54) is 12.1 Å². The van der Waals surface area contributed by atoms with Crippen molar-refractivity contribution in [1.82, 2.24) is 10.3 Å². The summed E-state index contributed by atoms with van der Waals surface area (Å²) in [6.45, 7) is 4.73. The highest BCUT2D eigenvalue weighted by Crippen LogP contribution is 2.27. The average molecular weight is 278 g/mol. The Hall–Kier alpha value is -1.59. The van der Waals surface area contributed by atoms with E-state index in [1.807, 2.05) is 19.2 Å². The second-order valence-corrected chi connectivity index (χ2v) is 5.49. The van der Waals surface area contributed by atoms with Gasteiger partial charge in [-0.15, -0.1) is 11.3 Å². The zero-order valence-electron chi connectivity index (χ0n) is 11.1. The largest absolute Gasteiger partial charge is 0.508 e. The SMILES string of the molecule is Cc1csc(CCNC(C)c2cc(O)ccc2O)n1. The van der Waals surface area contributed by atoms with Crippen LogP contribution in [-0.4, -0.2) is 21.7 Å². The summed E-state index contributed by atoms with van der Waals surface area (Å²) in [6, 6.07) is 4.55. The molecule has 0 radical (unpaired) electrons. The van der Waals surface area contributed by atoms with Crippen LogP contribution in [0.4, 0.5) is 0 Å². The molecule has 1 unspecified atom stereocenters. The molecule has 1 aromatic carbocycles. The molecule has 0 amide bonds. The number of nitrogens with zero attached hydrogens (tertiary/aromatic N) is 1. The number of phenolic OH excluding ortho intramolecular Hbond substituents is 2. The number of phenols is 2. The second kappa shape index (κ2) is 6.04. The van der Waals surface area contributed by atoms with Crippen molar-refractivity contribution in [3.05, 3.63) is 39.8 Å². The van der Waals surface area contributed by atoms with E-state index in [4.69, 9.17) is 0 Å². The molecule has 1 aromatic heterocycles. The minimum atomic E-state index is -0.0202. The molecule has 0 aliphatic heterocycles. The fourth-order valence-corrected chi connectivity index (χ4v) is 2.69. The molecule has 0 bridgehead atoms. The van der Waals surface area contributed by atoms with Gasteiger partial charge in [0.25, 0.3) is 0 Å². The fraction of sp³-hybridized carbons (Fsp3) is 0.357. The van der Waals surface area contributed by atoms with Crippen molar-refractivity contribution in [1.29, 1.82) is 0 Å². The highest BCUT2D eigenvalue weighted by atomic mass is 32.1. The number of aromatic nitrogens is 1. The van der Waals surface area contributed by atoms with Gasteiger partial charge in [-0.2, -0.15) is 0 Å². The Morgan fingerprint density at radius 2 is 2.16 bits per heavy atom. The lowest BCUT2D eigenvalue weighted by Gasteiger charge is -2.15. The van der Waals surface area contributed by atoms with Gasteiger partial charge in [-0.25, -0.2) is 4.98 Å². The summed E-state index contributed by atoms with van der Waals surface area (Å²) in [7, 11) is 0. The standard InChI is InChI=1S/C14H18N2O2S/c1-9-8-19-14(16-9)5-6-15-10(2)12-7-11(17)3-4-13(12)18/h3-4,7-8,10,15,17-18H,5-6H2,1-2H3. The molecule has 1 heterocycles. The Morgan fingerprint density at radius 1 is 1.37 bits per heavy atom. The van der Waals surface area contributed by atoms with Gasteiger partial charge in [0.1, 0.15) is 11.5 Å². The van der Waals surface area contributed by atoms with Gasteiger partial charge in [0.15, 0.2) is 0 Å². The van der Waals surface area contributed by atoms with E-state index in [-0.39, 0.29) is 17.5 Å². The smallest absolute Gasteiger partial charge is 0.120 e. The van der Waals surface area contributed by atoms with Crippen LogP contribution in [0.3, 0.4) is 0 Å². The first-order chi connectivity index (χ1) is 9.06. The Morgan fingerprint density at radius 3 is 2.84 bits per heavy atom. The monoisotopic (exact) mass is 278 g/mol. The Labute approximate surface area is 116 Å². The maximum atomic E-state index is 9.76. The molecule has 0 fully saturated rings. The number of hydrogen-bond donors (Lipinski definition) is 3. The maximum Gasteiger partial charge on any atom is 0.120 e. The van der Waals surface area contributed by atoms with Gasteiger partial charge in [-0.1, -0.05) is 0 Å². The topological polar surface area (TPSA) is 65.4 Å². The number of thiazole rings is 1. The van der Waals surface area contributed by atoms with Crippen molar-refractivity contribution in [2.45, 2.75) is 26.3 Å². The molecular formula is C14H18N2O2S. The summed E-state index contributed by atoms with van der Waals surface area (Å²) in [5.74, 6) is 0.361. The molecule has 0 aliphatic rings. The van der Waals surface area contributed by atoms with Gasteiger partial charge < -0.3 is 15.5 Å². The zero-order valence-corrected chi connectivity index (χ0v) is 11.9. The third-order valence-corrected chi connectivity index (χ3v) is 3.96. The lowest BCUT2D eigenvalue weighted by atomic mass is 10.1. The van der Waals surface area contributed by atoms with Crippen LogP contribution in [0.1, 0.15) is 29.2 Å². The van der Waals surface area contributed by atoms with Crippen molar-refractivity contribution in [3.8, 4) is 11.5 Å². The number of rotatable bonds is 5. The van der Waals surface area contributed by atoms with Crippen LogP contribution in [0.2, 0.25) is 0 Å². The Kier molecular flexibility index (Phi) is 4.39. The number of benzene rings is 1. The van der Waals surface area contributed by atoms with Gasteiger partial charge >= 0.3 is 0 Å². The first kappa shape index (κ1) is 13.8. The van der Waals surface area contributed by atoms with Crippen LogP contribution in [-0.2, 0) is 6.42 Å². The van der Waals surface area contributed by atoms with Gasteiger partial charge in [-0.3, -0.25) is 0 Å². The van der Waals surface area contributed by atoms with E-state index in [0.29, 0.717) is 5.56 Å². The first-order valence-corrected chi connectivity index (χ1v) is 7.10. The summed E-state index contributed by atoms with van der Waals surface area (Å²) in [5.41, 5.74) is 1.76. The van der Waals surface area contributed by atoms with Crippen LogP contribution in [0.5, 0.6) is 11.5 Å². The van der Waals surface area contributed by atoms with E-state index in [1.54, 1.807) is 17.4 Å². The molecule has 0 spiro atoms. The minimum Gasteiger partial charge on any atom is -0.508 e. The van der Waals surface area contributed by atoms with Crippen LogP contribution in [0.15, 0.2) is 23.6 Å². The normalized spacial score (nSPS) is 12.5. The van der Waals surface area contributed by atoms with E-state index in [2.05, 4.69) is 10.3 Å². The fourth-order valence-electron chi connectivity index (χ4n) is 1.91. The van der Waals surface area contributed by atoms with Crippen LogP contribution < -0.4 is 5.32 Å². The van der Waals surface area contributed by atoms with Crippen LogP contribution in [0.25, 0.3) is 0 Å². The molecular weight excluding hydrogens is 260 g/mol. The second-order valence-electron chi connectivity index (χ2n) is 4.55. The molecule has 0 aliphatic carbocycles. The van der Waals surface area contributed by atoms with Gasteiger partial charge in [-0.05, 0) is 32.0 Å². The molecule has 5 heteroatoms. The molecule has 0 saturated carbocycles. The molecule has 2 rings (SSSR count). The lowest BCUT2D eigenvalue weighted by molar-refractivity contribution is 0.441. The van der Waals surface area contributed by atoms with E-state index >= 15 is 0 Å². The molecule has 19 heavy (non-hydrogen) atoms. The van der Waals surface area contributed by atoms with Gasteiger partial charge in [0.05, 0.1) is 5.01 Å². The van der Waals surface area contributed by atoms with Crippen molar-refractivity contribution < 1.29 is 10.2 Å². The predicted octanol–water partition coefficient (Wildman–Crippen LogP) is 2.76. The third kappa shape index (κ3) is 3.68. The summed E-state index contributed by atoms with van der Waals surface area (Å²) in [6.07, 6.45) is 0.864. The highest BCUT2D eigenvalue weighted by molar-refractivity contribution is 7.09. The van der Waals surface area contributed by atoms with Crippen LogP contribution in [0, 0.1) is 6.92 Å². The van der Waals surface area contributed by atoms with E-state index < -0.39 is 0 Å². The Balaban J connectivity index is 1.90. The van der Waals surface area contributed by atoms with Crippen molar-refractivity contribution in [2.75, 3.05) is 6.54 Å². The molecule has 0 saturated heterocycles. The summed E-state index contributed by atoms with van der Waals surface area (Å²) < 4.78 is 0. The lowest BCUT2D eigenvalue weighted by Crippen LogP contribution is -2.21. The maximum absolute atomic E-state index is 9.76. The quantitative estimate of drug-likeness (QED) is 0.736. The minimum absolute atomic E-state index is 0.0202. The van der Waals surface area contributed by atoms with Gasteiger partial charge in [0, 0.05) is 35.6 Å². The van der Waals surface area contributed by atoms with Crippen molar-refractivity contribution in [2.24, 2.45) is 0 Å². The molecule has 1 atom stereocenters. The van der Waals surface area contributed by atoms with Crippen LogP contribution >= 0.6 is 11.3 Å². The molecule has 4 nitrogen and oxygen atoms in total. The Bertz CT molecular complexity index is 554.